The maximum atomic E-state index is 11.7. The van der Waals surface area contributed by atoms with E-state index >= 15 is 0 Å². The largest absolute Gasteiger partial charge is 0.481 e. The van der Waals surface area contributed by atoms with Gasteiger partial charge in [-0.3, -0.25) is 9.59 Å². The summed E-state index contributed by atoms with van der Waals surface area (Å²) >= 11 is 0. The highest BCUT2D eigenvalue weighted by atomic mass is 16.4. The lowest BCUT2D eigenvalue weighted by Gasteiger charge is -2.16. The first-order chi connectivity index (χ1) is 8.40. The number of carboxylic acids is 2. The van der Waals surface area contributed by atoms with Gasteiger partial charge in [0.25, 0.3) is 0 Å². The minimum absolute atomic E-state index is 0.175. The van der Waals surface area contributed by atoms with E-state index < -0.39 is 36.0 Å². The van der Waals surface area contributed by atoms with Crippen molar-refractivity contribution < 1.29 is 29.7 Å². The maximum absolute atomic E-state index is 11.7. The molecule has 3 atom stereocenters. The molecule has 8 heteroatoms. The standard InChI is InChI=1S/C10H16N2O6/c13-5-3-7(11-4-5)9(16)12-6(10(17)18)1-2-8(14)15/h5-7,11,13H,1-4H2,(H,12,16)(H,14,15)(H,17,18)/t5?,6-,7?/m0/s1. The number of carbonyl (C=O) groups excluding carboxylic acids is 1. The monoisotopic (exact) mass is 260 g/mol. The third kappa shape index (κ3) is 4.30. The summed E-state index contributed by atoms with van der Waals surface area (Å²) in [6.45, 7) is 0.283. The molecule has 1 rings (SSSR count). The van der Waals surface area contributed by atoms with Crippen LogP contribution in [0.15, 0.2) is 0 Å². The van der Waals surface area contributed by atoms with E-state index in [1.54, 1.807) is 0 Å². The number of amides is 1. The zero-order chi connectivity index (χ0) is 13.7. The quantitative estimate of drug-likeness (QED) is 0.378. The van der Waals surface area contributed by atoms with Gasteiger partial charge >= 0.3 is 11.9 Å². The van der Waals surface area contributed by atoms with Crippen LogP contribution in [-0.4, -0.2) is 57.9 Å². The molecule has 1 amide bonds. The molecule has 5 N–H and O–H groups in total. The van der Waals surface area contributed by atoms with Gasteiger partial charge in [-0.2, -0.15) is 0 Å². The molecule has 1 aliphatic rings. The van der Waals surface area contributed by atoms with Gasteiger partial charge in [0.1, 0.15) is 6.04 Å². The third-order valence-electron chi connectivity index (χ3n) is 2.69. The molecule has 8 nitrogen and oxygen atoms in total. The van der Waals surface area contributed by atoms with E-state index in [0.29, 0.717) is 0 Å². The van der Waals surface area contributed by atoms with Crippen molar-refractivity contribution in [2.75, 3.05) is 6.54 Å². The highest BCUT2D eigenvalue weighted by Gasteiger charge is 2.30. The van der Waals surface area contributed by atoms with E-state index in [1.165, 1.54) is 0 Å². The SMILES string of the molecule is O=C(O)CC[C@H](NC(=O)C1CC(O)CN1)C(=O)O. The van der Waals surface area contributed by atoms with Gasteiger partial charge in [0.05, 0.1) is 12.1 Å². The molecular formula is C10H16N2O6. The smallest absolute Gasteiger partial charge is 0.326 e. The molecule has 0 spiro atoms. The second-order valence-electron chi connectivity index (χ2n) is 4.18. The molecule has 0 bridgehead atoms. The van der Waals surface area contributed by atoms with Gasteiger partial charge in [0, 0.05) is 13.0 Å². The maximum Gasteiger partial charge on any atom is 0.326 e. The number of β-amino-alcohol motifs (C(OH)–C–C–N with tert-alkyl or cyclic N) is 1. The Hall–Kier alpha value is -1.67. The predicted molar refractivity (Wildman–Crippen MR) is 58.9 cm³/mol. The van der Waals surface area contributed by atoms with Crippen LogP contribution in [0, 0.1) is 0 Å². The van der Waals surface area contributed by atoms with E-state index in [9.17, 15) is 19.5 Å². The highest BCUT2D eigenvalue weighted by Crippen LogP contribution is 2.07. The summed E-state index contributed by atoms with van der Waals surface area (Å²) in [5, 5.41) is 31.6. The van der Waals surface area contributed by atoms with Crippen LogP contribution in [-0.2, 0) is 14.4 Å². The van der Waals surface area contributed by atoms with Crippen molar-refractivity contribution in [3.63, 3.8) is 0 Å². The molecule has 1 aliphatic heterocycles. The zero-order valence-electron chi connectivity index (χ0n) is 9.63. The molecule has 1 heterocycles. The lowest BCUT2D eigenvalue weighted by Crippen LogP contribution is -2.48. The van der Waals surface area contributed by atoms with Crippen molar-refractivity contribution in [2.45, 2.75) is 37.5 Å². The van der Waals surface area contributed by atoms with Crippen molar-refractivity contribution in [1.29, 1.82) is 0 Å². The Morgan fingerprint density at radius 3 is 2.44 bits per heavy atom. The summed E-state index contributed by atoms with van der Waals surface area (Å²) in [6.07, 6.45) is -0.913. The van der Waals surface area contributed by atoms with Gasteiger partial charge < -0.3 is 26.0 Å². The van der Waals surface area contributed by atoms with E-state index in [-0.39, 0.29) is 25.8 Å². The van der Waals surface area contributed by atoms with Crippen molar-refractivity contribution in [3.8, 4) is 0 Å². The Labute approximate surface area is 103 Å². The number of carboxylic acid groups (broad SMARTS) is 2. The van der Waals surface area contributed by atoms with Crippen molar-refractivity contribution >= 4 is 17.8 Å². The molecule has 1 fully saturated rings. The summed E-state index contributed by atoms with van der Waals surface area (Å²) < 4.78 is 0. The first-order valence-corrected chi connectivity index (χ1v) is 5.56. The van der Waals surface area contributed by atoms with E-state index in [4.69, 9.17) is 10.2 Å². The highest BCUT2D eigenvalue weighted by molar-refractivity contribution is 5.87. The Morgan fingerprint density at radius 1 is 1.33 bits per heavy atom. The number of hydrogen-bond acceptors (Lipinski definition) is 5. The zero-order valence-corrected chi connectivity index (χ0v) is 9.63. The minimum atomic E-state index is -1.27. The summed E-state index contributed by atoms with van der Waals surface area (Å²) in [7, 11) is 0. The Bertz CT molecular complexity index is 345. The van der Waals surface area contributed by atoms with E-state index in [0.717, 1.165) is 0 Å². The normalized spacial score (nSPS) is 24.5. The van der Waals surface area contributed by atoms with Crippen LogP contribution in [0.1, 0.15) is 19.3 Å². The third-order valence-corrected chi connectivity index (χ3v) is 2.69. The molecular weight excluding hydrogens is 244 g/mol. The number of aliphatic hydroxyl groups excluding tert-OH is 1. The molecule has 102 valence electrons. The summed E-state index contributed by atoms with van der Waals surface area (Å²) in [5.41, 5.74) is 0. The topological polar surface area (TPSA) is 136 Å². The number of carbonyl (C=O) groups is 3. The van der Waals surface area contributed by atoms with E-state index in [1.807, 2.05) is 0 Å². The molecule has 1 saturated heterocycles. The lowest BCUT2D eigenvalue weighted by molar-refractivity contribution is -0.143. The predicted octanol–water partition coefficient (Wildman–Crippen LogP) is -1.86. The van der Waals surface area contributed by atoms with E-state index in [2.05, 4.69) is 10.6 Å². The van der Waals surface area contributed by atoms with Gasteiger partial charge in [0.2, 0.25) is 5.91 Å². The molecule has 0 aromatic rings. The second-order valence-corrected chi connectivity index (χ2v) is 4.18. The molecule has 0 radical (unpaired) electrons. The average Bonchev–Trinajstić information content (AvgIpc) is 2.70. The number of hydrogen-bond donors (Lipinski definition) is 5. The van der Waals surface area contributed by atoms with Crippen LogP contribution in [0.25, 0.3) is 0 Å². The Kier molecular flexibility index (Phi) is 5.05. The van der Waals surface area contributed by atoms with Crippen molar-refractivity contribution in [3.05, 3.63) is 0 Å². The Morgan fingerprint density at radius 2 is 2.00 bits per heavy atom. The number of aliphatic hydroxyl groups is 1. The fourth-order valence-corrected chi connectivity index (χ4v) is 1.71. The van der Waals surface area contributed by atoms with Crippen LogP contribution in [0.5, 0.6) is 0 Å². The van der Waals surface area contributed by atoms with Gasteiger partial charge in [-0.25, -0.2) is 4.79 Å². The van der Waals surface area contributed by atoms with Gasteiger partial charge in [-0.15, -0.1) is 0 Å². The van der Waals surface area contributed by atoms with Crippen molar-refractivity contribution in [1.82, 2.24) is 10.6 Å². The number of aliphatic carboxylic acids is 2. The van der Waals surface area contributed by atoms with Gasteiger partial charge in [-0.1, -0.05) is 0 Å². The fraction of sp³-hybridized carbons (Fsp3) is 0.700. The summed E-state index contributed by atoms with van der Waals surface area (Å²) in [6, 6.07) is -1.86. The molecule has 18 heavy (non-hydrogen) atoms. The fourth-order valence-electron chi connectivity index (χ4n) is 1.71. The van der Waals surface area contributed by atoms with Crippen molar-refractivity contribution in [2.24, 2.45) is 0 Å². The Balaban J connectivity index is 2.47. The molecule has 0 aromatic heterocycles. The number of rotatable bonds is 6. The van der Waals surface area contributed by atoms with Crippen LogP contribution < -0.4 is 10.6 Å². The average molecular weight is 260 g/mol. The molecule has 2 unspecified atom stereocenters. The minimum Gasteiger partial charge on any atom is -0.481 e. The van der Waals surface area contributed by atoms with Gasteiger partial charge in [-0.05, 0) is 12.8 Å². The molecule has 0 aliphatic carbocycles. The molecule has 0 aromatic carbocycles. The first-order valence-electron chi connectivity index (χ1n) is 5.56. The first kappa shape index (κ1) is 14.4. The summed E-state index contributed by atoms with van der Waals surface area (Å²) in [5.74, 6) is -2.93. The van der Waals surface area contributed by atoms with Crippen LogP contribution in [0.4, 0.5) is 0 Å². The van der Waals surface area contributed by atoms with Crippen LogP contribution in [0.2, 0.25) is 0 Å². The molecule has 0 saturated carbocycles. The summed E-state index contributed by atoms with van der Waals surface area (Å²) in [4.78, 5) is 32.9. The number of nitrogens with one attached hydrogen (secondary N) is 2. The van der Waals surface area contributed by atoms with Gasteiger partial charge in [0.15, 0.2) is 0 Å². The van der Waals surface area contributed by atoms with Crippen LogP contribution in [0.3, 0.4) is 0 Å². The second kappa shape index (κ2) is 6.31. The lowest BCUT2D eigenvalue weighted by atomic mass is 10.1. The van der Waals surface area contributed by atoms with Crippen LogP contribution >= 0.6 is 0 Å².